The van der Waals surface area contributed by atoms with Crippen LogP contribution in [0.3, 0.4) is 0 Å². The molecule has 1 saturated heterocycles. The number of likely N-dealkylation sites (tertiary alicyclic amines) is 1. The molecule has 1 N–H and O–H groups in total. The van der Waals surface area contributed by atoms with Crippen LogP contribution in [0, 0.1) is 11.3 Å². The number of hydrogen-bond acceptors (Lipinski definition) is 5. The van der Waals surface area contributed by atoms with Gasteiger partial charge in [0.25, 0.3) is 0 Å². The maximum Gasteiger partial charge on any atom is 0.223 e. The molecule has 2 heterocycles. The van der Waals surface area contributed by atoms with Gasteiger partial charge in [0, 0.05) is 18.8 Å². The van der Waals surface area contributed by atoms with Gasteiger partial charge in [0.05, 0.1) is 0 Å². The number of rotatable bonds is 3. The van der Waals surface area contributed by atoms with Crippen LogP contribution in [0.2, 0.25) is 0 Å². The van der Waals surface area contributed by atoms with Crippen LogP contribution in [0.25, 0.3) is 0 Å². The third-order valence-corrected chi connectivity index (χ3v) is 3.19. The summed E-state index contributed by atoms with van der Waals surface area (Å²) in [5, 5.41) is 11.9. The van der Waals surface area contributed by atoms with Crippen molar-refractivity contribution < 1.29 is 0 Å². The Hall–Kier alpha value is -1.67. The fraction of sp³-hybridized carbons (Fsp3) is 0.583. The van der Waals surface area contributed by atoms with Crippen molar-refractivity contribution in [1.82, 2.24) is 14.9 Å². The molecule has 0 saturated carbocycles. The van der Waals surface area contributed by atoms with E-state index in [2.05, 4.69) is 27.2 Å². The average Bonchev–Trinajstić information content (AvgIpc) is 2.38. The minimum atomic E-state index is 0.402. The van der Waals surface area contributed by atoms with E-state index in [0.29, 0.717) is 17.7 Å². The van der Waals surface area contributed by atoms with E-state index in [1.54, 1.807) is 12.3 Å². The lowest BCUT2D eigenvalue weighted by atomic mass is 10.0. The quantitative estimate of drug-likeness (QED) is 0.848. The molecular weight excluding hydrogens is 214 g/mol. The summed E-state index contributed by atoms with van der Waals surface area (Å²) in [6, 6.07) is 4.16. The van der Waals surface area contributed by atoms with Gasteiger partial charge in [-0.2, -0.15) is 5.26 Å². The van der Waals surface area contributed by atoms with Crippen molar-refractivity contribution in [1.29, 1.82) is 5.26 Å². The molecule has 90 valence electrons. The molecule has 1 unspecified atom stereocenters. The first kappa shape index (κ1) is 11.8. The number of anilines is 1. The van der Waals surface area contributed by atoms with E-state index < -0.39 is 0 Å². The van der Waals surface area contributed by atoms with Crippen LogP contribution in [0.1, 0.15) is 25.0 Å². The van der Waals surface area contributed by atoms with Gasteiger partial charge in [0.1, 0.15) is 11.8 Å². The van der Waals surface area contributed by atoms with Gasteiger partial charge >= 0.3 is 0 Å². The molecule has 1 aromatic rings. The van der Waals surface area contributed by atoms with Crippen molar-refractivity contribution in [3.05, 3.63) is 18.0 Å². The number of hydrogen-bond donors (Lipinski definition) is 1. The lowest BCUT2D eigenvalue weighted by Crippen LogP contribution is -2.40. The number of likely N-dealkylation sites (N-methyl/N-ethyl adjacent to an activating group) is 1. The van der Waals surface area contributed by atoms with E-state index in [1.165, 1.54) is 19.3 Å². The normalized spacial score (nSPS) is 20.8. The molecule has 5 nitrogen and oxygen atoms in total. The first-order chi connectivity index (χ1) is 8.29. The average molecular weight is 231 g/mol. The smallest absolute Gasteiger partial charge is 0.223 e. The van der Waals surface area contributed by atoms with Crippen LogP contribution < -0.4 is 5.32 Å². The molecule has 0 radical (unpaired) electrons. The monoisotopic (exact) mass is 231 g/mol. The van der Waals surface area contributed by atoms with Gasteiger partial charge in [0.15, 0.2) is 0 Å². The topological polar surface area (TPSA) is 64.8 Å². The highest BCUT2D eigenvalue weighted by atomic mass is 15.2. The van der Waals surface area contributed by atoms with Crippen LogP contribution in [0.15, 0.2) is 12.3 Å². The summed E-state index contributed by atoms with van der Waals surface area (Å²) in [6.07, 6.45) is 5.39. The molecule has 5 heteroatoms. The van der Waals surface area contributed by atoms with Gasteiger partial charge in [-0.05, 0) is 32.5 Å². The van der Waals surface area contributed by atoms with Gasteiger partial charge in [0.2, 0.25) is 5.95 Å². The molecule has 0 aromatic carbocycles. The standard InChI is InChI=1S/C12H17N5/c1-17-7-3-2-4-11(17)9-15-12-14-6-5-10(8-13)16-12/h5-6,11H,2-4,7,9H2,1H3,(H,14,15,16). The lowest BCUT2D eigenvalue weighted by molar-refractivity contribution is 0.194. The van der Waals surface area contributed by atoms with Crippen molar-refractivity contribution >= 4 is 5.95 Å². The third-order valence-electron chi connectivity index (χ3n) is 3.19. The Morgan fingerprint density at radius 2 is 2.47 bits per heavy atom. The summed E-state index contributed by atoms with van der Waals surface area (Å²) < 4.78 is 0. The highest BCUT2D eigenvalue weighted by molar-refractivity contribution is 5.30. The van der Waals surface area contributed by atoms with Crippen molar-refractivity contribution in [2.24, 2.45) is 0 Å². The molecule has 0 amide bonds. The third kappa shape index (κ3) is 3.14. The molecule has 1 aliphatic heterocycles. The van der Waals surface area contributed by atoms with E-state index in [0.717, 1.165) is 13.1 Å². The summed E-state index contributed by atoms with van der Waals surface area (Å²) in [4.78, 5) is 10.6. The van der Waals surface area contributed by atoms with Gasteiger partial charge in [-0.25, -0.2) is 9.97 Å². The van der Waals surface area contributed by atoms with Crippen molar-refractivity contribution in [3.8, 4) is 6.07 Å². The highest BCUT2D eigenvalue weighted by Gasteiger charge is 2.18. The summed E-state index contributed by atoms with van der Waals surface area (Å²) in [5.41, 5.74) is 0.402. The SMILES string of the molecule is CN1CCCCC1CNc1nccc(C#N)n1. The molecule has 0 aliphatic carbocycles. The van der Waals surface area contributed by atoms with Crippen LogP contribution in [0.4, 0.5) is 5.95 Å². The van der Waals surface area contributed by atoms with Gasteiger partial charge in [-0.3, -0.25) is 0 Å². The first-order valence-corrected chi connectivity index (χ1v) is 5.97. The number of nitrogens with one attached hydrogen (secondary N) is 1. The first-order valence-electron chi connectivity index (χ1n) is 5.97. The van der Waals surface area contributed by atoms with Gasteiger partial charge < -0.3 is 10.2 Å². The fourth-order valence-corrected chi connectivity index (χ4v) is 2.12. The molecule has 1 aromatic heterocycles. The maximum absolute atomic E-state index is 8.74. The van der Waals surface area contributed by atoms with Crippen LogP contribution in [-0.4, -0.2) is 41.0 Å². The number of aromatic nitrogens is 2. The number of piperidine rings is 1. The Kier molecular flexibility index (Phi) is 3.89. The molecule has 1 aliphatic rings. The van der Waals surface area contributed by atoms with E-state index in [9.17, 15) is 0 Å². The highest BCUT2D eigenvalue weighted by Crippen LogP contribution is 2.15. The predicted octanol–water partition coefficient (Wildman–Crippen LogP) is 1.24. The Bertz CT molecular complexity index is 412. The molecule has 0 spiro atoms. The van der Waals surface area contributed by atoms with Gasteiger partial charge in [-0.1, -0.05) is 6.42 Å². The second-order valence-electron chi connectivity index (χ2n) is 4.39. The molecule has 1 fully saturated rings. The Morgan fingerprint density at radius 3 is 3.24 bits per heavy atom. The van der Waals surface area contributed by atoms with E-state index in [-0.39, 0.29) is 0 Å². The molecule has 1 atom stereocenters. The van der Waals surface area contributed by atoms with E-state index >= 15 is 0 Å². The van der Waals surface area contributed by atoms with Crippen LogP contribution in [0.5, 0.6) is 0 Å². The summed E-state index contributed by atoms with van der Waals surface area (Å²) >= 11 is 0. The summed E-state index contributed by atoms with van der Waals surface area (Å²) in [5.74, 6) is 0.544. The minimum absolute atomic E-state index is 0.402. The largest absolute Gasteiger partial charge is 0.353 e. The Balaban J connectivity index is 1.90. The Morgan fingerprint density at radius 1 is 1.59 bits per heavy atom. The zero-order valence-corrected chi connectivity index (χ0v) is 10.1. The van der Waals surface area contributed by atoms with Crippen molar-refractivity contribution in [3.63, 3.8) is 0 Å². The lowest BCUT2D eigenvalue weighted by Gasteiger charge is -2.32. The zero-order chi connectivity index (χ0) is 12.1. The van der Waals surface area contributed by atoms with Crippen LogP contribution >= 0.6 is 0 Å². The van der Waals surface area contributed by atoms with Crippen LogP contribution in [-0.2, 0) is 0 Å². The summed E-state index contributed by atoms with van der Waals surface area (Å²) in [6.45, 7) is 2.00. The Labute approximate surface area is 101 Å². The predicted molar refractivity (Wildman–Crippen MR) is 65.5 cm³/mol. The van der Waals surface area contributed by atoms with Crippen molar-refractivity contribution in [2.75, 3.05) is 25.5 Å². The zero-order valence-electron chi connectivity index (χ0n) is 10.1. The second kappa shape index (κ2) is 5.60. The van der Waals surface area contributed by atoms with E-state index in [4.69, 9.17) is 5.26 Å². The fourth-order valence-electron chi connectivity index (χ4n) is 2.12. The van der Waals surface area contributed by atoms with Crippen molar-refractivity contribution in [2.45, 2.75) is 25.3 Å². The number of nitrogens with zero attached hydrogens (tertiary/aromatic N) is 4. The minimum Gasteiger partial charge on any atom is -0.353 e. The molecular formula is C12H17N5. The molecule has 2 rings (SSSR count). The molecule has 0 bridgehead atoms. The maximum atomic E-state index is 8.74. The summed E-state index contributed by atoms with van der Waals surface area (Å²) in [7, 11) is 2.15. The van der Waals surface area contributed by atoms with Gasteiger partial charge in [-0.15, -0.1) is 0 Å². The van der Waals surface area contributed by atoms with E-state index in [1.807, 2.05) is 6.07 Å². The number of nitriles is 1. The second-order valence-corrected chi connectivity index (χ2v) is 4.39. The molecule has 17 heavy (non-hydrogen) atoms.